The van der Waals surface area contributed by atoms with E-state index in [1.165, 1.54) is 0 Å². The quantitative estimate of drug-likeness (QED) is 0.586. The number of methoxy groups -OCH3 is 2. The van der Waals surface area contributed by atoms with Gasteiger partial charge in [-0.25, -0.2) is 0 Å². The van der Waals surface area contributed by atoms with E-state index in [-0.39, 0.29) is 0 Å². The molecule has 0 aromatic rings. The van der Waals surface area contributed by atoms with Crippen molar-refractivity contribution < 1.29 is 9.47 Å². The third-order valence-electron chi connectivity index (χ3n) is 0.236. The van der Waals surface area contributed by atoms with Gasteiger partial charge in [0.15, 0.2) is 0 Å². The highest BCUT2D eigenvalue weighted by Crippen LogP contribution is 1.60. The minimum Gasteiger partial charge on any atom is -0.359 e. The molecule has 0 fully saturated rings. The molecule has 0 rings (SSSR count). The van der Waals surface area contributed by atoms with Crippen LogP contribution in [-0.4, -0.2) is 21.0 Å². The highest BCUT2D eigenvalue weighted by molar-refractivity contribution is 3.84. The Morgan fingerprint density at radius 2 is 0.818 bits per heavy atom. The standard InChI is InChI=1S/C3H8O2.3C2H6/c1-4-3-5-2;3*1-2/h3H2,1-2H3;3*1-2H3. The molecule has 0 saturated carbocycles. The first-order chi connectivity index (χ1) is 5.41. The van der Waals surface area contributed by atoms with Gasteiger partial charge in [0.05, 0.1) is 0 Å². The summed E-state index contributed by atoms with van der Waals surface area (Å²) in [5.74, 6) is 0. The molecule has 0 unspecified atom stereocenters. The zero-order chi connectivity index (χ0) is 10.1. The van der Waals surface area contributed by atoms with Crippen LogP contribution in [0.1, 0.15) is 41.5 Å². The Labute approximate surface area is 72.9 Å². The van der Waals surface area contributed by atoms with Gasteiger partial charge in [-0.1, -0.05) is 41.5 Å². The summed E-state index contributed by atoms with van der Waals surface area (Å²) >= 11 is 0. The van der Waals surface area contributed by atoms with Gasteiger partial charge >= 0.3 is 0 Å². The lowest BCUT2D eigenvalue weighted by Gasteiger charge is -1.87. The SMILES string of the molecule is CC.CC.CC.COCOC. The summed E-state index contributed by atoms with van der Waals surface area (Å²) in [7, 11) is 3.17. The summed E-state index contributed by atoms with van der Waals surface area (Å²) < 4.78 is 8.94. The topological polar surface area (TPSA) is 18.5 Å². The van der Waals surface area contributed by atoms with Crippen LogP contribution < -0.4 is 0 Å². The van der Waals surface area contributed by atoms with E-state index in [9.17, 15) is 0 Å². The van der Waals surface area contributed by atoms with Gasteiger partial charge in [-0.15, -0.1) is 0 Å². The van der Waals surface area contributed by atoms with Crippen molar-refractivity contribution in [3.05, 3.63) is 0 Å². The Hall–Kier alpha value is -0.0800. The Kier molecular flexibility index (Phi) is 189. The number of hydrogen-bond acceptors (Lipinski definition) is 2. The average Bonchev–Trinajstić information content (AvgIpc) is 2.16. The molecule has 0 bridgehead atoms. The molecule has 0 heterocycles. The Morgan fingerprint density at radius 1 is 0.636 bits per heavy atom. The van der Waals surface area contributed by atoms with E-state index >= 15 is 0 Å². The molecule has 0 aromatic heterocycles. The lowest BCUT2D eigenvalue weighted by molar-refractivity contribution is -0.00271. The maximum absolute atomic E-state index is 4.47. The van der Waals surface area contributed by atoms with Gasteiger partial charge in [0.1, 0.15) is 6.79 Å². The lowest BCUT2D eigenvalue weighted by Crippen LogP contribution is -1.87. The molecule has 0 aliphatic rings. The molecular weight excluding hydrogens is 140 g/mol. The average molecular weight is 166 g/mol. The van der Waals surface area contributed by atoms with E-state index < -0.39 is 0 Å². The maximum Gasteiger partial charge on any atom is 0.145 e. The first kappa shape index (κ1) is 22.4. The lowest BCUT2D eigenvalue weighted by atomic mass is 11.0. The molecule has 0 aliphatic carbocycles. The van der Waals surface area contributed by atoms with Crippen LogP contribution in [0.5, 0.6) is 0 Å². The van der Waals surface area contributed by atoms with E-state index in [1.54, 1.807) is 14.2 Å². The van der Waals surface area contributed by atoms with Crippen molar-refractivity contribution >= 4 is 0 Å². The van der Waals surface area contributed by atoms with E-state index in [2.05, 4.69) is 9.47 Å². The first-order valence-corrected chi connectivity index (χ1v) is 4.39. The first-order valence-electron chi connectivity index (χ1n) is 4.39. The molecule has 11 heavy (non-hydrogen) atoms. The van der Waals surface area contributed by atoms with Gasteiger partial charge in [-0.3, -0.25) is 0 Å². The van der Waals surface area contributed by atoms with Crippen LogP contribution in [-0.2, 0) is 9.47 Å². The summed E-state index contributed by atoms with van der Waals surface area (Å²) in [5.41, 5.74) is 0. The predicted molar refractivity (Wildman–Crippen MR) is 52.9 cm³/mol. The number of hydrogen-bond donors (Lipinski definition) is 0. The van der Waals surface area contributed by atoms with Gasteiger partial charge < -0.3 is 9.47 Å². The molecule has 0 atom stereocenters. The fourth-order valence-electron chi connectivity index (χ4n) is 0.118. The summed E-state index contributed by atoms with van der Waals surface area (Å²) in [4.78, 5) is 0. The Bertz CT molecular complexity index is 15.0. The number of rotatable bonds is 2. The van der Waals surface area contributed by atoms with Crippen LogP contribution in [0.15, 0.2) is 0 Å². The predicted octanol–water partition coefficient (Wildman–Crippen LogP) is 3.32. The van der Waals surface area contributed by atoms with Crippen molar-refractivity contribution in [2.24, 2.45) is 0 Å². The minimum atomic E-state index is 0.389. The molecule has 0 spiro atoms. The molecule has 0 amide bonds. The molecular formula is C9H26O2. The number of ether oxygens (including phenoxy) is 2. The van der Waals surface area contributed by atoms with E-state index in [0.29, 0.717) is 6.79 Å². The third kappa shape index (κ3) is 169. The zero-order valence-electron chi connectivity index (χ0n) is 9.52. The summed E-state index contributed by atoms with van der Waals surface area (Å²) in [6, 6.07) is 0. The molecule has 2 heteroatoms. The molecule has 0 N–H and O–H groups in total. The second-order valence-electron chi connectivity index (χ2n) is 0.695. The minimum absolute atomic E-state index is 0.389. The van der Waals surface area contributed by atoms with Gasteiger partial charge in [0.25, 0.3) is 0 Å². The van der Waals surface area contributed by atoms with Crippen molar-refractivity contribution in [3.63, 3.8) is 0 Å². The molecule has 0 radical (unpaired) electrons. The van der Waals surface area contributed by atoms with E-state index in [4.69, 9.17) is 0 Å². The van der Waals surface area contributed by atoms with E-state index in [0.717, 1.165) is 0 Å². The van der Waals surface area contributed by atoms with Crippen LogP contribution in [0.2, 0.25) is 0 Å². The van der Waals surface area contributed by atoms with Crippen LogP contribution >= 0.6 is 0 Å². The van der Waals surface area contributed by atoms with Crippen molar-refractivity contribution in [2.45, 2.75) is 41.5 Å². The molecule has 0 saturated heterocycles. The molecule has 0 aromatic carbocycles. The normalized spacial score (nSPS) is 5.45. The van der Waals surface area contributed by atoms with Crippen molar-refractivity contribution in [3.8, 4) is 0 Å². The smallest absolute Gasteiger partial charge is 0.145 e. The fourth-order valence-corrected chi connectivity index (χ4v) is 0.118. The Balaban J connectivity index is -0.0000000350. The van der Waals surface area contributed by atoms with Gasteiger partial charge in [-0.2, -0.15) is 0 Å². The zero-order valence-corrected chi connectivity index (χ0v) is 9.52. The van der Waals surface area contributed by atoms with E-state index in [1.807, 2.05) is 41.5 Å². The van der Waals surface area contributed by atoms with Gasteiger partial charge in [-0.05, 0) is 0 Å². The second kappa shape index (κ2) is 92.6. The second-order valence-corrected chi connectivity index (χ2v) is 0.695. The summed E-state index contributed by atoms with van der Waals surface area (Å²) in [6.45, 7) is 12.4. The van der Waals surface area contributed by atoms with Crippen LogP contribution in [0.4, 0.5) is 0 Å². The van der Waals surface area contributed by atoms with Crippen molar-refractivity contribution in [2.75, 3.05) is 21.0 Å². The summed E-state index contributed by atoms with van der Waals surface area (Å²) in [5, 5.41) is 0. The largest absolute Gasteiger partial charge is 0.359 e. The van der Waals surface area contributed by atoms with Gasteiger partial charge in [0.2, 0.25) is 0 Å². The van der Waals surface area contributed by atoms with Crippen LogP contribution in [0.25, 0.3) is 0 Å². The third-order valence-corrected chi connectivity index (χ3v) is 0.236. The van der Waals surface area contributed by atoms with Crippen molar-refractivity contribution in [1.29, 1.82) is 0 Å². The molecule has 2 nitrogen and oxygen atoms in total. The highest BCUT2D eigenvalue weighted by atomic mass is 16.6. The highest BCUT2D eigenvalue weighted by Gasteiger charge is 1.63. The summed E-state index contributed by atoms with van der Waals surface area (Å²) in [6.07, 6.45) is 0. The monoisotopic (exact) mass is 166 g/mol. The Morgan fingerprint density at radius 3 is 0.818 bits per heavy atom. The van der Waals surface area contributed by atoms with Crippen LogP contribution in [0, 0.1) is 0 Å². The molecule has 0 aliphatic heterocycles. The molecule has 74 valence electrons. The van der Waals surface area contributed by atoms with Crippen LogP contribution in [0.3, 0.4) is 0 Å². The maximum atomic E-state index is 4.47. The van der Waals surface area contributed by atoms with Crippen molar-refractivity contribution in [1.82, 2.24) is 0 Å². The fraction of sp³-hybridized carbons (Fsp3) is 1.00. The van der Waals surface area contributed by atoms with Gasteiger partial charge in [0, 0.05) is 14.2 Å².